The molecule has 0 atom stereocenters. The molecule has 0 saturated heterocycles. The molecule has 0 radical (unpaired) electrons. The minimum absolute atomic E-state index is 0.910. The number of ether oxygens (including phenoxy) is 1. The average Bonchev–Trinajstić information content (AvgIpc) is 1.90. The van der Waals surface area contributed by atoms with Gasteiger partial charge in [0, 0.05) is 0 Å². The van der Waals surface area contributed by atoms with E-state index in [1.807, 2.05) is 30.3 Å². The van der Waals surface area contributed by atoms with Crippen molar-refractivity contribution in [1.29, 1.82) is 0 Å². The van der Waals surface area contributed by atoms with E-state index in [2.05, 4.69) is 0 Å². The first-order chi connectivity index (χ1) is 3.93. The van der Waals surface area contributed by atoms with Crippen LogP contribution < -0.4 is 4.74 Å². The van der Waals surface area contributed by atoms with Crippen molar-refractivity contribution in [3.63, 3.8) is 0 Å². The van der Waals surface area contributed by atoms with Crippen molar-refractivity contribution in [3.8, 4) is 5.75 Å². The summed E-state index contributed by atoms with van der Waals surface area (Å²) in [6.07, 6.45) is 0. The minimum Gasteiger partial charge on any atom is -0.497 e. The van der Waals surface area contributed by atoms with Crippen LogP contribution in [0, 0.1) is 0 Å². The molecule has 0 unspecified atom stereocenters. The van der Waals surface area contributed by atoms with Crippen LogP contribution in [0.3, 0.4) is 0 Å². The van der Waals surface area contributed by atoms with E-state index in [1.54, 1.807) is 7.11 Å². The number of methoxy groups -OCH3 is 1. The third kappa shape index (κ3) is 0.997. The zero-order chi connectivity index (χ0) is 5.82. The van der Waals surface area contributed by atoms with Gasteiger partial charge in [-0.1, -0.05) is 18.2 Å². The van der Waals surface area contributed by atoms with Crippen molar-refractivity contribution in [2.75, 3.05) is 7.11 Å². The van der Waals surface area contributed by atoms with Gasteiger partial charge < -0.3 is 4.74 Å². The molecule has 0 bridgehead atoms. The van der Waals surface area contributed by atoms with Gasteiger partial charge in [0.25, 0.3) is 0 Å². The summed E-state index contributed by atoms with van der Waals surface area (Å²) in [6, 6.07) is 9.68. The molecule has 0 aliphatic rings. The molecule has 1 rings (SSSR count). The van der Waals surface area contributed by atoms with Gasteiger partial charge in [0.1, 0.15) is 5.75 Å². The zero-order valence-electron chi connectivity index (χ0n) is 4.79. The number of hydrogen-bond acceptors (Lipinski definition) is 1. The summed E-state index contributed by atoms with van der Waals surface area (Å²) in [7, 11) is 1.66. The molecule has 0 N–H and O–H groups in total. The maximum absolute atomic E-state index is 4.91. The second kappa shape index (κ2) is 2.36. The van der Waals surface area contributed by atoms with Crippen LogP contribution in [-0.4, -0.2) is 7.11 Å². The van der Waals surface area contributed by atoms with Crippen LogP contribution in [-0.2, 0) is 0 Å². The maximum atomic E-state index is 4.91. The topological polar surface area (TPSA) is 9.23 Å². The Morgan fingerprint density at radius 3 is 2.12 bits per heavy atom. The Morgan fingerprint density at radius 1 is 1.12 bits per heavy atom. The Morgan fingerprint density at radius 2 is 1.75 bits per heavy atom. The highest BCUT2D eigenvalue weighted by atomic mass is 16.5. The van der Waals surface area contributed by atoms with E-state index in [0.29, 0.717) is 0 Å². The summed E-state index contributed by atoms with van der Waals surface area (Å²) in [6.45, 7) is 0. The molecule has 0 aliphatic heterocycles. The van der Waals surface area contributed by atoms with Gasteiger partial charge >= 0.3 is 0 Å². The number of hydrogen-bond donors (Lipinski definition) is 0. The van der Waals surface area contributed by atoms with E-state index < -0.39 is 0 Å². The molecule has 1 nitrogen and oxygen atoms in total. The predicted octanol–water partition coefficient (Wildman–Crippen LogP) is 1.70. The molecular weight excluding hydrogens is 101 g/mol. The van der Waals surface area contributed by atoms with Gasteiger partial charge in [-0.15, -0.1) is 0 Å². The van der Waals surface area contributed by atoms with E-state index >= 15 is 0 Å². The van der Waals surface area contributed by atoms with Gasteiger partial charge in [-0.25, -0.2) is 0 Å². The van der Waals surface area contributed by atoms with Gasteiger partial charge in [0.05, 0.1) is 7.11 Å². The largest absolute Gasteiger partial charge is 0.497 e. The standard InChI is InChI=1S/C7H8O/c1-8-7-5-3-2-4-6-7/h2-6H,1H3/i7+1. The van der Waals surface area contributed by atoms with Crippen molar-refractivity contribution in [2.24, 2.45) is 0 Å². The summed E-state index contributed by atoms with van der Waals surface area (Å²) in [5.74, 6) is 0.910. The molecule has 8 heavy (non-hydrogen) atoms. The van der Waals surface area contributed by atoms with Gasteiger partial charge in [0.15, 0.2) is 0 Å². The Labute approximate surface area is 48.9 Å². The van der Waals surface area contributed by atoms with Crippen LogP contribution in [0.1, 0.15) is 0 Å². The highest BCUT2D eigenvalue weighted by Crippen LogP contribution is 2.05. The second-order valence-electron chi connectivity index (χ2n) is 1.52. The Kier molecular flexibility index (Phi) is 1.52. The summed E-state index contributed by atoms with van der Waals surface area (Å²) in [4.78, 5) is 0. The zero-order valence-corrected chi connectivity index (χ0v) is 4.79. The van der Waals surface area contributed by atoms with Crippen LogP contribution >= 0.6 is 0 Å². The molecule has 0 amide bonds. The molecule has 0 fully saturated rings. The highest BCUT2D eigenvalue weighted by Gasteiger charge is 1.80. The molecule has 1 heteroatoms. The molecule has 0 heterocycles. The van der Waals surface area contributed by atoms with Crippen molar-refractivity contribution in [3.05, 3.63) is 30.3 Å². The van der Waals surface area contributed by atoms with Crippen LogP contribution in [0.25, 0.3) is 0 Å². The second-order valence-corrected chi connectivity index (χ2v) is 1.52. The Balaban J connectivity index is 2.83. The summed E-state index contributed by atoms with van der Waals surface area (Å²) >= 11 is 0. The van der Waals surface area contributed by atoms with E-state index in [4.69, 9.17) is 4.74 Å². The van der Waals surface area contributed by atoms with E-state index in [-0.39, 0.29) is 0 Å². The van der Waals surface area contributed by atoms with Crippen molar-refractivity contribution >= 4 is 0 Å². The van der Waals surface area contributed by atoms with Crippen LogP contribution in [0.2, 0.25) is 0 Å². The Hall–Kier alpha value is -0.980. The van der Waals surface area contributed by atoms with Crippen molar-refractivity contribution < 1.29 is 4.74 Å². The molecule has 0 aromatic heterocycles. The lowest BCUT2D eigenvalue weighted by molar-refractivity contribution is 0.415. The van der Waals surface area contributed by atoms with Gasteiger partial charge in [-0.3, -0.25) is 0 Å². The van der Waals surface area contributed by atoms with Crippen LogP contribution in [0.15, 0.2) is 30.3 Å². The molecule has 1 aromatic carbocycles. The van der Waals surface area contributed by atoms with E-state index in [9.17, 15) is 0 Å². The third-order valence-electron chi connectivity index (χ3n) is 0.979. The molecular formula is C7H8O. The summed E-state index contributed by atoms with van der Waals surface area (Å²) < 4.78 is 4.91. The monoisotopic (exact) mass is 109 g/mol. The van der Waals surface area contributed by atoms with E-state index in [0.717, 1.165) is 5.75 Å². The first-order valence-electron chi connectivity index (χ1n) is 2.52. The summed E-state index contributed by atoms with van der Waals surface area (Å²) in [5.41, 5.74) is 0. The van der Waals surface area contributed by atoms with Crippen LogP contribution in [0.4, 0.5) is 0 Å². The normalized spacial score (nSPS) is 8.62. The fourth-order valence-corrected chi connectivity index (χ4v) is 0.557. The smallest absolute Gasteiger partial charge is 0.118 e. The maximum Gasteiger partial charge on any atom is 0.118 e. The van der Waals surface area contributed by atoms with Crippen molar-refractivity contribution in [2.45, 2.75) is 0 Å². The molecule has 42 valence electrons. The third-order valence-corrected chi connectivity index (χ3v) is 0.979. The lowest BCUT2D eigenvalue weighted by Gasteiger charge is -1.93. The van der Waals surface area contributed by atoms with Gasteiger partial charge in [0.2, 0.25) is 0 Å². The fourth-order valence-electron chi connectivity index (χ4n) is 0.557. The fraction of sp³-hybridized carbons (Fsp3) is 0.143. The van der Waals surface area contributed by atoms with Gasteiger partial charge in [-0.05, 0) is 12.1 Å². The summed E-state index contributed by atoms with van der Waals surface area (Å²) in [5, 5.41) is 0. The van der Waals surface area contributed by atoms with Gasteiger partial charge in [-0.2, -0.15) is 0 Å². The lowest BCUT2D eigenvalue weighted by atomic mass is 10.5. The minimum atomic E-state index is 0.910. The highest BCUT2D eigenvalue weighted by molar-refractivity contribution is 5.20. The quantitative estimate of drug-likeness (QED) is 0.533. The van der Waals surface area contributed by atoms with Crippen molar-refractivity contribution in [1.82, 2.24) is 0 Å². The molecule has 0 aliphatic carbocycles. The number of para-hydroxylation sites is 1. The molecule has 1 aromatic rings. The molecule has 0 spiro atoms. The first-order valence-corrected chi connectivity index (χ1v) is 2.52. The van der Waals surface area contributed by atoms with Crippen LogP contribution in [0.5, 0.6) is 5.75 Å². The first kappa shape index (κ1) is 5.16. The predicted molar refractivity (Wildman–Crippen MR) is 33.0 cm³/mol. The number of benzene rings is 1. The SMILES string of the molecule is CO[13c]1ccccc1. The van der Waals surface area contributed by atoms with E-state index in [1.165, 1.54) is 0 Å². The Bertz CT molecular complexity index is 146. The lowest BCUT2D eigenvalue weighted by Crippen LogP contribution is -1.78. The number of rotatable bonds is 1. The average molecular weight is 109 g/mol. The molecule has 0 saturated carbocycles.